The van der Waals surface area contributed by atoms with Gasteiger partial charge < -0.3 is 5.11 Å². The predicted octanol–water partition coefficient (Wildman–Crippen LogP) is 3.59. The molecule has 0 amide bonds. The minimum atomic E-state index is 0.0470. The number of nitrogens with one attached hydrogen (secondary N) is 1. The zero-order valence-corrected chi connectivity index (χ0v) is 12.0. The summed E-state index contributed by atoms with van der Waals surface area (Å²) in [5.74, 6) is 0.230. The summed E-state index contributed by atoms with van der Waals surface area (Å²) >= 11 is 1.53. The van der Waals surface area contributed by atoms with Gasteiger partial charge in [0, 0.05) is 10.8 Å². The highest BCUT2D eigenvalue weighted by Crippen LogP contribution is 2.26. The zero-order valence-electron chi connectivity index (χ0n) is 11.2. The lowest BCUT2D eigenvalue weighted by atomic mass is 9.93. The summed E-state index contributed by atoms with van der Waals surface area (Å²) < 4.78 is 0. The lowest BCUT2D eigenvalue weighted by Gasteiger charge is -2.13. The second-order valence-corrected chi connectivity index (χ2v) is 6.11. The number of phenolic OH excluding ortho intramolecular Hbond substituents is 1. The van der Waals surface area contributed by atoms with E-state index in [1.807, 2.05) is 11.4 Å². The number of hydrogen-bond acceptors (Lipinski definition) is 5. The maximum absolute atomic E-state index is 9.33. The lowest BCUT2D eigenvalue weighted by molar-refractivity contribution is 0.475. The van der Waals surface area contributed by atoms with Gasteiger partial charge in [0.05, 0.1) is 11.9 Å². The van der Waals surface area contributed by atoms with E-state index in [4.69, 9.17) is 0 Å². The van der Waals surface area contributed by atoms with Crippen molar-refractivity contribution in [3.05, 3.63) is 40.9 Å². The number of benzene rings is 1. The van der Waals surface area contributed by atoms with E-state index in [-0.39, 0.29) is 11.2 Å². The number of hydrogen-bond donors (Lipinski definition) is 2. The summed E-state index contributed by atoms with van der Waals surface area (Å²) in [5, 5.41) is 16.2. The SMILES string of the molecule is CC(C)(C)c1csc(N/N=C\c2cccc(O)c2)n1. The van der Waals surface area contributed by atoms with Gasteiger partial charge in [0.2, 0.25) is 5.13 Å². The molecule has 0 aliphatic rings. The molecule has 0 bridgehead atoms. The third-order valence-electron chi connectivity index (χ3n) is 2.52. The molecule has 0 aliphatic carbocycles. The van der Waals surface area contributed by atoms with E-state index in [0.29, 0.717) is 0 Å². The van der Waals surface area contributed by atoms with Gasteiger partial charge in [-0.2, -0.15) is 5.10 Å². The van der Waals surface area contributed by atoms with Gasteiger partial charge in [-0.15, -0.1) is 11.3 Å². The van der Waals surface area contributed by atoms with Crippen LogP contribution in [0.5, 0.6) is 5.75 Å². The van der Waals surface area contributed by atoms with Crippen LogP contribution in [-0.4, -0.2) is 16.3 Å². The first-order valence-corrected chi connectivity index (χ1v) is 6.87. The Labute approximate surface area is 116 Å². The number of anilines is 1. The van der Waals surface area contributed by atoms with Gasteiger partial charge in [0.1, 0.15) is 5.75 Å². The number of thiazole rings is 1. The van der Waals surface area contributed by atoms with Crippen molar-refractivity contribution >= 4 is 22.7 Å². The topological polar surface area (TPSA) is 57.5 Å². The minimum Gasteiger partial charge on any atom is -0.508 e. The summed E-state index contributed by atoms with van der Waals surface area (Å²) in [6.45, 7) is 6.38. The molecule has 0 aliphatic heterocycles. The Morgan fingerprint density at radius 1 is 1.37 bits per heavy atom. The Morgan fingerprint density at radius 2 is 2.16 bits per heavy atom. The van der Waals surface area contributed by atoms with Crippen molar-refractivity contribution < 1.29 is 5.11 Å². The van der Waals surface area contributed by atoms with Crippen molar-refractivity contribution in [1.82, 2.24) is 4.98 Å². The standard InChI is InChI=1S/C14H17N3OS/c1-14(2,3)12-9-19-13(16-12)17-15-8-10-5-4-6-11(18)7-10/h4-9,18H,1-3H3,(H,16,17)/b15-8-. The molecule has 5 heteroatoms. The Balaban J connectivity index is 2.01. The Morgan fingerprint density at radius 3 is 2.79 bits per heavy atom. The van der Waals surface area contributed by atoms with Crippen molar-refractivity contribution in [3.63, 3.8) is 0 Å². The van der Waals surface area contributed by atoms with E-state index in [0.717, 1.165) is 16.4 Å². The van der Waals surface area contributed by atoms with Gasteiger partial charge in [-0.05, 0) is 17.7 Å². The van der Waals surface area contributed by atoms with Gasteiger partial charge in [-0.3, -0.25) is 5.43 Å². The van der Waals surface area contributed by atoms with E-state index in [1.54, 1.807) is 24.4 Å². The molecule has 2 rings (SSSR count). The largest absolute Gasteiger partial charge is 0.508 e. The van der Waals surface area contributed by atoms with Crippen LogP contribution in [0.3, 0.4) is 0 Å². The van der Waals surface area contributed by atoms with E-state index < -0.39 is 0 Å². The average molecular weight is 275 g/mol. The molecule has 0 saturated heterocycles. The van der Waals surface area contributed by atoms with Crippen LogP contribution >= 0.6 is 11.3 Å². The van der Waals surface area contributed by atoms with Crippen LogP contribution in [0.2, 0.25) is 0 Å². The summed E-state index contributed by atoms with van der Waals surface area (Å²) in [4.78, 5) is 4.47. The van der Waals surface area contributed by atoms with Gasteiger partial charge in [0.25, 0.3) is 0 Å². The molecule has 2 aromatic rings. The van der Waals surface area contributed by atoms with Crippen molar-refractivity contribution in [3.8, 4) is 5.75 Å². The van der Waals surface area contributed by atoms with Crippen LogP contribution in [0.1, 0.15) is 32.0 Å². The smallest absolute Gasteiger partial charge is 0.203 e. The molecule has 1 aromatic heterocycles. The molecule has 1 heterocycles. The van der Waals surface area contributed by atoms with Gasteiger partial charge >= 0.3 is 0 Å². The van der Waals surface area contributed by atoms with Gasteiger partial charge in [-0.1, -0.05) is 32.9 Å². The fourth-order valence-electron chi connectivity index (χ4n) is 1.44. The van der Waals surface area contributed by atoms with Crippen molar-refractivity contribution in [2.75, 3.05) is 5.43 Å². The van der Waals surface area contributed by atoms with Crippen LogP contribution in [-0.2, 0) is 5.41 Å². The first-order valence-electron chi connectivity index (χ1n) is 5.99. The molecule has 0 unspecified atom stereocenters. The maximum Gasteiger partial charge on any atom is 0.203 e. The molecular formula is C14H17N3OS. The molecule has 1 aromatic carbocycles. The average Bonchev–Trinajstić information content (AvgIpc) is 2.77. The molecular weight excluding hydrogens is 258 g/mol. The maximum atomic E-state index is 9.33. The molecule has 0 radical (unpaired) electrons. The minimum absolute atomic E-state index is 0.0470. The normalized spacial score (nSPS) is 11.9. The van der Waals surface area contributed by atoms with E-state index in [9.17, 15) is 5.11 Å². The molecule has 4 nitrogen and oxygen atoms in total. The number of rotatable bonds is 3. The molecule has 0 atom stereocenters. The highest BCUT2D eigenvalue weighted by Gasteiger charge is 2.17. The van der Waals surface area contributed by atoms with Crippen LogP contribution in [0.25, 0.3) is 0 Å². The van der Waals surface area contributed by atoms with E-state index in [1.165, 1.54) is 11.3 Å². The van der Waals surface area contributed by atoms with Crippen LogP contribution < -0.4 is 5.43 Å². The molecule has 0 saturated carbocycles. The van der Waals surface area contributed by atoms with Crippen molar-refractivity contribution in [2.24, 2.45) is 5.10 Å². The molecule has 2 N–H and O–H groups in total. The summed E-state index contributed by atoms with van der Waals surface area (Å²) in [6.07, 6.45) is 1.65. The van der Waals surface area contributed by atoms with Crippen LogP contribution in [0, 0.1) is 0 Å². The highest BCUT2D eigenvalue weighted by atomic mass is 32.1. The monoisotopic (exact) mass is 275 g/mol. The number of aromatic hydroxyl groups is 1. The predicted molar refractivity (Wildman–Crippen MR) is 80.1 cm³/mol. The zero-order chi connectivity index (χ0) is 13.9. The summed E-state index contributed by atoms with van der Waals surface area (Å²) in [5.41, 5.74) is 4.83. The van der Waals surface area contributed by atoms with Crippen molar-refractivity contribution in [1.29, 1.82) is 0 Å². The molecule has 19 heavy (non-hydrogen) atoms. The van der Waals surface area contributed by atoms with Crippen molar-refractivity contribution in [2.45, 2.75) is 26.2 Å². The third-order valence-corrected chi connectivity index (χ3v) is 3.26. The second kappa shape index (κ2) is 5.40. The van der Waals surface area contributed by atoms with E-state index >= 15 is 0 Å². The fourth-order valence-corrected chi connectivity index (χ4v) is 2.32. The third kappa shape index (κ3) is 3.79. The fraction of sp³-hybridized carbons (Fsp3) is 0.286. The quantitative estimate of drug-likeness (QED) is 0.665. The number of hydrazone groups is 1. The lowest BCUT2D eigenvalue weighted by Crippen LogP contribution is -2.11. The first-order chi connectivity index (χ1) is 8.95. The Hall–Kier alpha value is -1.88. The van der Waals surface area contributed by atoms with Crippen LogP contribution in [0.4, 0.5) is 5.13 Å². The molecule has 0 fully saturated rings. The number of nitrogens with zero attached hydrogens (tertiary/aromatic N) is 2. The Bertz CT molecular complexity index is 584. The number of aromatic nitrogens is 1. The molecule has 0 spiro atoms. The highest BCUT2D eigenvalue weighted by molar-refractivity contribution is 7.13. The van der Waals surface area contributed by atoms with Gasteiger partial charge in [0.15, 0.2) is 0 Å². The molecule has 100 valence electrons. The Kier molecular flexibility index (Phi) is 3.85. The van der Waals surface area contributed by atoms with Gasteiger partial charge in [-0.25, -0.2) is 4.98 Å². The van der Waals surface area contributed by atoms with E-state index in [2.05, 4.69) is 36.3 Å². The summed E-state index contributed by atoms with van der Waals surface area (Å²) in [7, 11) is 0. The number of phenols is 1. The summed E-state index contributed by atoms with van der Waals surface area (Å²) in [6, 6.07) is 6.92. The first kappa shape index (κ1) is 13.5. The van der Waals surface area contributed by atoms with Crippen LogP contribution in [0.15, 0.2) is 34.7 Å². The second-order valence-electron chi connectivity index (χ2n) is 5.25.